The van der Waals surface area contributed by atoms with Gasteiger partial charge >= 0.3 is 6.18 Å². The molecular weight excluding hydrogens is 347 g/mol. The number of aryl methyl sites for hydroxylation is 1. The molecule has 1 amide bonds. The topological polar surface area (TPSA) is 72.7 Å². The number of anilines is 1. The lowest BCUT2D eigenvalue weighted by molar-refractivity contribution is -0.137. The molecule has 0 spiro atoms. The molecule has 2 aromatic carbocycles. The molecule has 0 saturated carbocycles. The van der Waals surface area contributed by atoms with Crippen LogP contribution in [0.2, 0.25) is 0 Å². The van der Waals surface area contributed by atoms with Gasteiger partial charge in [-0.1, -0.05) is 30.3 Å². The average molecular weight is 361 g/mol. The van der Waals surface area contributed by atoms with Crippen molar-refractivity contribution >= 4 is 11.6 Å². The highest BCUT2D eigenvalue weighted by Gasteiger charge is 2.30. The van der Waals surface area contributed by atoms with Gasteiger partial charge in [0, 0.05) is 11.3 Å². The van der Waals surface area contributed by atoms with Crippen LogP contribution in [0.1, 0.15) is 11.1 Å². The van der Waals surface area contributed by atoms with Crippen molar-refractivity contribution in [3.63, 3.8) is 0 Å². The molecule has 0 fully saturated rings. The smallest absolute Gasteiger partial charge is 0.324 e. The number of nitrogens with zero attached hydrogens (tertiary/aromatic N) is 4. The molecule has 0 saturated heterocycles. The van der Waals surface area contributed by atoms with Gasteiger partial charge in [0.2, 0.25) is 11.7 Å². The fourth-order valence-corrected chi connectivity index (χ4v) is 2.34. The first-order valence-electron chi connectivity index (χ1n) is 7.64. The van der Waals surface area contributed by atoms with Crippen molar-refractivity contribution in [2.24, 2.45) is 0 Å². The highest BCUT2D eigenvalue weighted by Crippen LogP contribution is 2.30. The van der Waals surface area contributed by atoms with Crippen LogP contribution < -0.4 is 5.32 Å². The second-order valence-corrected chi connectivity index (χ2v) is 5.59. The van der Waals surface area contributed by atoms with E-state index in [4.69, 9.17) is 0 Å². The van der Waals surface area contributed by atoms with Crippen molar-refractivity contribution in [2.45, 2.75) is 19.6 Å². The van der Waals surface area contributed by atoms with Crippen LogP contribution in [-0.2, 0) is 17.5 Å². The summed E-state index contributed by atoms with van der Waals surface area (Å²) in [5, 5.41) is 14.2. The molecule has 6 nitrogen and oxygen atoms in total. The molecule has 0 aliphatic rings. The van der Waals surface area contributed by atoms with E-state index in [9.17, 15) is 18.0 Å². The van der Waals surface area contributed by atoms with Gasteiger partial charge in [-0.25, -0.2) is 0 Å². The minimum atomic E-state index is -4.48. The lowest BCUT2D eigenvalue weighted by atomic mass is 10.1. The second-order valence-electron chi connectivity index (χ2n) is 5.59. The van der Waals surface area contributed by atoms with Crippen molar-refractivity contribution < 1.29 is 18.0 Å². The quantitative estimate of drug-likeness (QED) is 0.774. The minimum Gasteiger partial charge on any atom is -0.324 e. The normalized spacial score (nSPS) is 11.4. The maximum Gasteiger partial charge on any atom is 0.416 e. The Balaban J connectivity index is 1.69. The number of nitrogens with one attached hydrogen (secondary N) is 1. The molecule has 1 heterocycles. The predicted octanol–water partition coefficient (Wildman–Crippen LogP) is 3.31. The van der Waals surface area contributed by atoms with Gasteiger partial charge in [0.1, 0.15) is 6.54 Å². The van der Waals surface area contributed by atoms with Gasteiger partial charge in [0.05, 0.1) is 5.56 Å². The summed E-state index contributed by atoms with van der Waals surface area (Å²) in [5.41, 5.74) is 0.956. The van der Waals surface area contributed by atoms with Crippen LogP contribution >= 0.6 is 0 Å². The first kappa shape index (κ1) is 17.6. The number of carbonyl (C=O) groups excluding carboxylic acids is 1. The van der Waals surface area contributed by atoms with E-state index in [-0.39, 0.29) is 12.2 Å². The van der Waals surface area contributed by atoms with Crippen molar-refractivity contribution in [2.75, 3.05) is 5.32 Å². The fourth-order valence-electron chi connectivity index (χ4n) is 2.34. The number of hydrogen-bond donors (Lipinski definition) is 1. The Morgan fingerprint density at radius 3 is 2.65 bits per heavy atom. The van der Waals surface area contributed by atoms with Gasteiger partial charge in [-0.05, 0) is 35.9 Å². The molecule has 9 heteroatoms. The third-order valence-corrected chi connectivity index (χ3v) is 3.60. The molecule has 26 heavy (non-hydrogen) atoms. The number of tetrazole rings is 1. The molecule has 3 rings (SSSR count). The number of aromatic nitrogens is 4. The summed E-state index contributed by atoms with van der Waals surface area (Å²) in [6.45, 7) is 1.63. The van der Waals surface area contributed by atoms with Crippen LogP contribution in [0.25, 0.3) is 11.4 Å². The zero-order valence-corrected chi connectivity index (χ0v) is 13.7. The van der Waals surface area contributed by atoms with E-state index in [1.807, 2.05) is 31.2 Å². The van der Waals surface area contributed by atoms with E-state index < -0.39 is 17.6 Å². The lowest BCUT2D eigenvalue weighted by Crippen LogP contribution is -2.20. The Morgan fingerprint density at radius 2 is 1.92 bits per heavy atom. The molecule has 1 N–H and O–H groups in total. The molecule has 0 bridgehead atoms. The fraction of sp³-hybridized carbons (Fsp3) is 0.176. The maximum absolute atomic E-state index is 12.7. The van der Waals surface area contributed by atoms with Crippen molar-refractivity contribution in [3.05, 3.63) is 59.7 Å². The SMILES string of the molecule is Cc1ccccc1-c1nnn(CC(=O)Nc2cccc(C(F)(F)F)c2)n1. The van der Waals surface area contributed by atoms with E-state index in [1.54, 1.807) is 0 Å². The first-order valence-corrected chi connectivity index (χ1v) is 7.64. The zero-order valence-electron chi connectivity index (χ0n) is 13.7. The van der Waals surface area contributed by atoms with Crippen molar-refractivity contribution in [3.8, 4) is 11.4 Å². The summed E-state index contributed by atoms with van der Waals surface area (Å²) >= 11 is 0. The summed E-state index contributed by atoms with van der Waals surface area (Å²) in [4.78, 5) is 13.1. The second kappa shape index (κ2) is 6.95. The van der Waals surface area contributed by atoms with Crippen molar-refractivity contribution in [1.82, 2.24) is 20.2 Å². The van der Waals surface area contributed by atoms with Crippen LogP contribution in [-0.4, -0.2) is 26.1 Å². The Bertz CT molecular complexity index is 936. The standard InChI is InChI=1S/C17H14F3N5O/c1-11-5-2-3-8-14(11)16-22-24-25(23-16)10-15(26)21-13-7-4-6-12(9-13)17(18,19)20/h2-9H,10H2,1H3,(H,21,26). The number of rotatable bonds is 4. The molecule has 0 aliphatic heterocycles. The lowest BCUT2D eigenvalue weighted by Gasteiger charge is -2.09. The molecule has 0 aliphatic carbocycles. The van der Waals surface area contributed by atoms with E-state index >= 15 is 0 Å². The summed E-state index contributed by atoms with van der Waals surface area (Å²) in [6.07, 6.45) is -4.48. The molecule has 3 aromatic rings. The van der Waals surface area contributed by atoms with E-state index in [0.29, 0.717) is 5.82 Å². The zero-order chi connectivity index (χ0) is 18.7. The molecule has 0 unspecified atom stereocenters. The largest absolute Gasteiger partial charge is 0.416 e. The molecular formula is C17H14F3N5O. The Kier molecular flexibility index (Phi) is 4.70. The van der Waals surface area contributed by atoms with Gasteiger partial charge in [-0.3, -0.25) is 4.79 Å². The molecule has 0 radical (unpaired) electrons. The Morgan fingerprint density at radius 1 is 1.15 bits per heavy atom. The van der Waals surface area contributed by atoms with Crippen LogP contribution in [0.4, 0.5) is 18.9 Å². The third kappa shape index (κ3) is 4.05. The van der Waals surface area contributed by atoms with Crippen molar-refractivity contribution in [1.29, 1.82) is 0 Å². The van der Waals surface area contributed by atoms with Gasteiger partial charge < -0.3 is 5.32 Å². The van der Waals surface area contributed by atoms with E-state index in [1.165, 1.54) is 12.1 Å². The summed E-state index contributed by atoms with van der Waals surface area (Å²) in [7, 11) is 0. The molecule has 0 atom stereocenters. The van der Waals surface area contributed by atoms with Gasteiger partial charge in [-0.2, -0.15) is 18.0 Å². The van der Waals surface area contributed by atoms with Gasteiger partial charge in [0.25, 0.3) is 0 Å². The first-order chi connectivity index (χ1) is 12.3. The minimum absolute atomic E-state index is 0.0454. The highest BCUT2D eigenvalue weighted by atomic mass is 19.4. The third-order valence-electron chi connectivity index (χ3n) is 3.60. The summed E-state index contributed by atoms with van der Waals surface area (Å²) in [6, 6.07) is 11.8. The monoisotopic (exact) mass is 361 g/mol. The number of benzene rings is 2. The Labute approximate surface area is 146 Å². The number of halogens is 3. The predicted molar refractivity (Wildman–Crippen MR) is 88.1 cm³/mol. The van der Waals surface area contributed by atoms with Crippen LogP contribution in [0, 0.1) is 6.92 Å². The highest BCUT2D eigenvalue weighted by molar-refractivity contribution is 5.90. The number of alkyl halides is 3. The molecule has 1 aromatic heterocycles. The maximum atomic E-state index is 12.7. The number of hydrogen-bond acceptors (Lipinski definition) is 4. The van der Waals surface area contributed by atoms with Gasteiger partial charge in [-0.15, -0.1) is 10.2 Å². The Hall–Kier alpha value is -3.23. The number of amides is 1. The van der Waals surface area contributed by atoms with Crippen LogP contribution in [0.3, 0.4) is 0 Å². The summed E-state index contributed by atoms with van der Waals surface area (Å²) in [5.74, 6) is -0.187. The van der Waals surface area contributed by atoms with E-state index in [0.717, 1.165) is 28.1 Å². The van der Waals surface area contributed by atoms with Crippen LogP contribution in [0.5, 0.6) is 0 Å². The average Bonchev–Trinajstić information content (AvgIpc) is 3.02. The van der Waals surface area contributed by atoms with Gasteiger partial charge in [0.15, 0.2) is 0 Å². The molecule has 134 valence electrons. The van der Waals surface area contributed by atoms with Crippen LogP contribution in [0.15, 0.2) is 48.5 Å². The number of carbonyl (C=O) groups is 1. The van der Waals surface area contributed by atoms with E-state index in [2.05, 4.69) is 20.7 Å². The summed E-state index contributed by atoms with van der Waals surface area (Å²) < 4.78 is 38.1.